The molecule has 2 aliphatic carbocycles. The molecule has 1 N–H and O–H groups in total. The summed E-state index contributed by atoms with van der Waals surface area (Å²) in [5.41, 5.74) is 1.86. The van der Waals surface area contributed by atoms with E-state index in [1.165, 1.54) is 31.7 Å². The second-order valence-corrected chi connectivity index (χ2v) is 5.84. The van der Waals surface area contributed by atoms with E-state index in [0.29, 0.717) is 6.04 Å². The fourth-order valence-corrected chi connectivity index (χ4v) is 2.70. The predicted octanol–water partition coefficient (Wildman–Crippen LogP) is 3.01. The summed E-state index contributed by atoms with van der Waals surface area (Å²) in [6, 6.07) is 5.51. The molecule has 0 saturated heterocycles. The number of benzene rings is 1. The number of aromatic nitrogens is 2. The lowest BCUT2D eigenvalue weighted by atomic mass is 10.3. The van der Waals surface area contributed by atoms with Crippen LogP contribution in [0.3, 0.4) is 0 Å². The van der Waals surface area contributed by atoms with Gasteiger partial charge >= 0.3 is 0 Å². The van der Waals surface area contributed by atoms with E-state index < -0.39 is 0 Å². The Morgan fingerprint density at radius 3 is 2.84 bits per heavy atom. The topological polar surface area (TPSA) is 29.9 Å². The van der Waals surface area contributed by atoms with Crippen molar-refractivity contribution in [2.24, 2.45) is 5.92 Å². The Hall–Kier alpha value is -1.42. The Labute approximate surface area is 111 Å². The standard InChI is InChI=1S/C15H18FN3/c16-11-3-6-14-13(7-11)18-15(19(14)12-4-5-12)9-17-8-10-1-2-10/h3,6-7,10,12,17H,1-2,4-5,8-9H2. The van der Waals surface area contributed by atoms with Crippen LogP contribution >= 0.6 is 0 Å². The van der Waals surface area contributed by atoms with Gasteiger partial charge in [0, 0.05) is 12.1 Å². The number of nitrogens with zero attached hydrogens (tertiary/aromatic N) is 2. The highest BCUT2D eigenvalue weighted by molar-refractivity contribution is 5.76. The van der Waals surface area contributed by atoms with Crippen molar-refractivity contribution in [3.05, 3.63) is 29.8 Å². The van der Waals surface area contributed by atoms with Crippen molar-refractivity contribution in [2.75, 3.05) is 6.54 Å². The Kier molecular flexibility index (Phi) is 2.58. The van der Waals surface area contributed by atoms with Gasteiger partial charge in [0.1, 0.15) is 11.6 Å². The molecular formula is C15H18FN3. The van der Waals surface area contributed by atoms with Crippen molar-refractivity contribution < 1.29 is 4.39 Å². The fourth-order valence-electron chi connectivity index (χ4n) is 2.70. The van der Waals surface area contributed by atoms with Crippen molar-refractivity contribution in [3.8, 4) is 0 Å². The number of fused-ring (bicyclic) bond motifs is 1. The molecule has 1 aromatic heterocycles. The van der Waals surface area contributed by atoms with Gasteiger partial charge in [0.25, 0.3) is 0 Å². The highest BCUT2D eigenvalue weighted by Gasteiger charge is 2.28. The number of halogens is 1. The molecule has 0 atom stereocenters. The molecule has 100 valence electrons. The molecule has 2 fully saturated rings. The number of nitrogens with one attached hydrogen (secondary N) is 1. The van der Waals surface area contributed by atoms with Gasteiger partial charge in [0.15, 0.2) is 0 Å². The first-order chi connectivity index (χ1) is 9.31. The maximum atomic E-state index is 13.3. The van der Waals surface area contributed by atoms with Crippen LogP contribution in [-0.4, -0.2) is 16.1 Å². The van der Waals surface area contributed by atoms with E-state index in [-0.39, 0.29) is 5.82 Å². The summed E-state index contributed by atoms with van der Waals surface area (Å²) in [4.78, 5) is 4.61. The lowest BCUT2D eigenvalue weighted by molar-refractivity contribution is 0.589. The first-order valence-corrected chi connectivity index (χ1v) is 7.18. The first kappa shape index (κ1) is 11.4. The SMILES string of the molecule is Fc1ccc2c(c1)nc(CNCC1CC1)n2C1CC1. The van der Waals surface area contributed by atoms with Crippen LogP contribution in [0.5, 0.6) is 0 Å². The molecule has 19 heavy (non-hydrogen) atoms. The van der Waals surface area contributed by atoms with Gasteiger partial charge in [-0.15, -0.1) is 0 Å². The highest BCUT2D eigenvalue weighted by Crippen LogP contribution is 2.38. The molecule has 2 saturated carbocycles. The molecule has 3 nitrogen and oxygen atoms in total. The van der Waals surface area contributed by atoms with Gasteiger partial charge in [-0.1, -0.05) is 0 Å². The third-order valence-electron chi connectivity index (χ3n) is 4.05. The Bertz CT molecular complexity index is 611. The minimum Gasteiger partial charge on any atom is -0.324 e. The average Bonchev–Trinajstić information content (AvgIpc) is 3.27. The van der Waals surface area contributed by atoms with Crippen LogP contribution in [0.25, 0.3) is 11.0 Å². The second-order valence-electron chi connectivity index (χ2n) is 5.84. The summed E-state index contributed by atoms with van der Waals surface area (Å²) in [6.45, 7) is 1.88. The van der Waals surface area contributed by atoms with E-state index in [9.17, 15) is 4.39 Å². The van der Waals surface area contributed by atoms with Crippen LogP contribution in [0.4, 0.5) is 4.39 Å². The average molecular weight is 259 g/mol. The number of hydrogen-bond donors (Lipinski definition) is 1. The van der Waals surface area contributed by atoms with Gasteiger partial charge < -0.3 is 9.88 Å². The van der Waals surface area contributed by atoms with Gasteiger partial charge in [-0.05, 0) is 50.3 Å². The number of imidazole rings is 1. The van der Waals surface area contributed by atoms with Crippen LogP contribution in [0.2, 0.25) is 0 Å². The molecule has 0 bridgehead atoms. The molecule has 4 rings (SSSR count). The van der Waals surface area contributed by atoms with Crippen LogP contribution in [0.15, 0.2) is 18.2 Å². The second kappa shape index (κ2) is 4.30. The van der Waals surface area contributed by atoms with E-state index >= 15 is 0 Å². The van der Waals surface area contributed by atoms with Gasteiger partial charge in [-0.2, -0.15) is 0 Å². The van der Waals surface area contributed by atoms with Gasteiger partial charge in [-0.25, -0.2) is 9.37 Å². The zero-order chi connectivity index (χ0) is 12.8. The summed E-state index contributed by atoms with van der Waals surface area (Å²) in [6.07, 6.45) is 5.16. The summed E-state index contributed by atoms with van der Waals surface area (Å²) in [7, 11) is 0. The minimum atomic E-state index is -0.203. The Morgan fingerprint density at radius 1 is 1.26 bits per heavy atom. The summed E-state index contributed by atoms with van der Waals surface area (Å²) in [5.74, 6) is 1.73. The lowest BCUT2D eigenvalue weighted by Crippen LogP contribution is -2.19. The van der Waals surface area contributed by atoms with Crippen molar-refractivity contribution in [3.63, 3.8) is 0 Å². The van der Waals surface area contributed by atoms with Gasteiger partial charge in [0.2, 0.25) is 0 Å². The van der Waals surface area contributed by atoms with E-state index in [1.54, 1.807) is 6.07 Å². The number of hydrogen-bond acceptors (Lipinski definition) is 2. The van der Waals surface area contributed by atoms with Crippen LogP contribution < -0.4 is 5.32 Å². The fraction of sp³-hybridized carbons (Fsp3) is 0.533. The van der Waals surface area contributed by atoms with Crippen molar-refractivity contribution in [1.82, 2.24) is 14.9 Å². The molecule has 2 aliphatic rings. The van der Waals surface area contributed by atoms with E-state index in [4.69, 9.17) is 0 Å². The Balaban J connectivity index is 1.64. The van der Waals surface area contributed by atoms with E-state index in [0.717, 1.165) is 35.9 Å². The highest BCUT2D eigenvalue weighted by atomic mass is 19.1. The predicted molar refractivity (Wildman–Crippen MR) is 72.4 cm³/mol. The molecular weight excluding hydrogens is 241 g/mol. The minimum absolute atomic E-state index is 0.203. The van der Waals surface area contributed by atoms with Gasteiger partial charge in [-0.3, -0.25) is 0 Å². The summed E-state index contributed by atoms with van der Waals surface area (Å²) in [5, 5.41) is 3.49. The smallest absolute Gasteiger partial charge is 0.125 e. The zero-order valence-electron chi connectivity index (χ0n) is 10.9. The molecule has 0 spiro atoms. The molecule has 2 aromatic rings. The third kappa shape index (κ3) is 2.25. The zero-order valence-corrected chi connectivity index (χ0v) is 10.9. The van der Waals surface area contributed by atoms with Crippen molar-refractivity contribution in [1.29, 1.82) is 0 Å². The Morgan fingerprint density at radius 2 is 2.11 bits per heavy atom. The van der Waals surface area contributed by atoms with Crippen LogP contribution in [-0.2, 0) is 6.54 Å². The largest absolute Gasteiger partial charge is 0.324 e. The molecule has 0 radical (unpaired) electrons. The molecule has 0 unspecified atom stereocenters. The van der Waals surface area contributed by atoms with E-state index in [1.807, 2.05) is 6.07 Å². The summed E-state index contributed by atoms with van der Waals surface area (Å²) < 4.78 is 15.6. The van der Waals surface area contributed by atoms with Crippen LogP contribution in [0, 0.1) is 11.7 Å². The normalized spacial score (nSPS) is 19.2. The first-order valence-electron chi connectivity index (χ1n) is 7.18. The lowest BCUT2D eigenvalue weighted by Gasteiger charge is -2.08. The molecule has 1 aromatic carbocycles. The van der Waals surface area contributed by atoms with E-state index in [2.05, 4.69) is 14.9 Å². The number of rotatable bonds is 5. The molecule has 4 heteroatoms. The summed E-state index contributed by atoms with van der Waals surface area (Å²) >= 11 is 0. The van der Waals surface area contributed by atoms with Gasteiger partial charge in [0.05, 0.1) is 17.6 Å². The quantitative estimate of drug-likeness (QED) is 0.894. The van der Waals surface area contributed by atoms with Crippen molar-refractivity contribution in [2.45, 2.75) is 38.3 Å². The molecule has 0 aliphatic heterocycles. The maximum Gasteiger partial charge on any atom is 0.125 e. The molecule has 1 heterocycles. The monoisotopic (exact) mass is 259 g/mol. The van der Waals surface area contributed by atoms with Crippen LogP contribution in [0.1, 0.15) is 37.5 Å². The third-order valence-corrected chi connectivity index (χ3v) is 4.05. The maximum absolute atomic E-state index is 13.3. The van der Waals surface area contributed by atoms with Crippen molar-refractivity contribution >= 4 is 11.0 Å². The molecule has 0 amide bonds.